The highest BCUT2D eigenvalue weighted by atomic mass is 35.5. The molecular formula is C21H21ClFNO. The van der Waals surface area contributed by atoms with Gasteiger partial charge in [0.15, 0.2) is 0 Å². The minimum Gasteiger partial charge on any atom is -0.327 e. The summed E-state index contributed by atoms with van der Waals surface area (Å²) in [5.74, 6) is -0.280. The molecule has 0 aromatic heterocycles. The van der Waals surface area contributed by atoms with E-state index in [9.17, 15) is 9.18 Å². The van der Waals surface area contributed by atoms with Gasteiger partial charge in [-0.15, -0.1) is 0 Å². The molecule has 0 N–H and O–H groups in total. The quantitative estimate of drug-likeness (QED) is 0.695. The monoisotopic (exact) mass is 357 g/mol. The van der Waals surface area contributed by atoms with E-state index in [0.717, 1.165) is 11.1 Å². The van der Waals surface area contributed by atoms with Crippen LogP contribution in [0.1, 0.15) is 37.9 Å². The Morgan fingerprint density at radius 2 is 1.84 bits per heavy atom. The molecule has 1 amide bonds. The van der Waals surface area contributed by atoms with E-state index in [1.54, 1.807) is 6.07 Å². The summed E-state index contributed by atoms with van der Waals surface area (Å²) in [6.07, 6.45) is 2.01. The summed E-state index contributed by atoms with van der Waals surface area (Å²) in [5.41, 5.74) is 2.05. The zero-order chi connectivity index (χ0) is 18.2. The van der Waals surface area contributed by atoms with Crippen molar-refractivity contribution in [2.75, 3.05) is 6.54 Å². The number of hydrogen-bond donors (Lipinski definition) is 0. The fourth-order valence-corrected chi connectivity index (χ4v) is 3.33. The summed E-state index contributed by atoms with van der Waals surface area (Å²) in [6, 6.07) is 14.0. The van der Waals surface area contributed by atoms with Crippen molar-refractivity contribution in [1.29, 1.82) is 0 Å². The Hall–Kier alpha value is -2.13. The van der Waals surface area contributed by atoms with Crippen molar-refractivity contribution < 1.29 is 9.18 Å². The standard InChI is InChI=1S/C21H21ClFNO/c1-21(2,3)20(25)24-13-15(17-12-16(23)9-10-18(17)22)11-19(24)14-7-5-4-6-8-14/h4-12,19H,13H2,1-3H3. The zero-order valence-corrected chi connectivity index (χ0v) is 15.3. The van der Waals surface area contributed by atoms with Crippen molar-refractivity contribution in [3.63, 3.8) is 0 Å². The fourth-order valence-electron chi connectivity index (χ4n) is 3.09. The Morgan fingerprint density at radius 1 is 1.16 bits per heavy atom. The molecule has 4 heteroatoms. The molecule has 1 heterocycles. The fraction of sp³-hybridized carbons (Fsp3) is 0.286. The van der Waals surface area contributed by atoms with Crippen LogP contribution in [0.25, 0.3) is 5.57 Å². The predicted molar refractivity (Wildman–Crippen MR) is 99.7 cm³/mol. The number of benzene rings is 2. The lowest BCUT2D eigenvalue weighted by molar-refractivity contribution is -0.139. The van der Waals surface area contributed by atoms with Crippen molar-refractivity contribution in [3.8, 4) is 0 Å². The first kappa shape index (κ1) is 17.7. The van der Waals surface area contributed by atoms with Crippen LogP contribution in [-0.2, 0) is 4.79 Å². The highest BCUT2D eigenvalue weighted by molar-refractivity contribution is 6.32. The first-order valence-electron chi connectivity index (χ1n) is 8.29. The second kappa shape index (κ2) is 6.64. The van der Waals surface area contributed by atoms with E-state index < -0.39 is 5.41 Å². The summed E-state index contributed by atoms with van der Waals surface area (Å²) in [6.45, 7) is 6.14. The van der Waals surface area contributed by atoms with Gasteiger partial charge in [-0.2, -0.15) is 0 Å². The third-order valence-electron chi connectivity index (χ3n) is 4.35. The summed E-state index contributed by atoms with van der Waals surface area (Å²) >= 11 is 6.28. The molecule has 0 spiro atoms. The Labute approximate surface area is 152 Å². The molecule has 1 aliphatic rings. The molecule has 0 fully saturated rings. The van der Waals surface area contributed by atoms with Crippen molar-refractivity contribution in [1.82, 2.24) is 4.90 Å². The maximum Gasteiger partial charge on any atom is 0.229 e. The highest BCUT2D eigenvalue weighted by Gasteiger charge is 2.36. The smallest absolute Gasteiger partial charge is 0.229 e. The molecule has 2 nitrogen and oxygen atoms in total. The lowest BCUT2D eigenvalue weighted by Crippen LogP contribution is -2.39. The number of nitrogens with zero attached hydrogens (tertiary/aromatic N) is 1. The molecule has 0 aliphatic carbocycles. The number of amides is 1. The van der Waals surface area contributed by atoms with Crippen LogP contribution >= 0.6 is 11.6 Å². The van der Waals surface area contributed by atoms with Gasteiger partial charge in [-0.1, -0.05) is 68.8 Å². The Kier molecular flexibility index (Phi) is 4.70. The highest BCUT2D eigenvalue weighted by Crippen LogP contribution is 2.39. The number of rotatable bonds is 2. The molecule has 3 rings (SSSR count). The Bertz CT molecular complexity index is 824. The van der Waals surface area contributed by atoms with Gasteiger partial charge in [0.25, 0.3) is 0 Å². The van der Waals surface area contributed by atoms with E-state index in [1.165, 1.54) is 12.1 Å². The van der Waals surface area contributed by atoms with Crippen LogP contribution < -0.4 is 0 Å². The Morgan fingerprint density at radius 3 is 2.48 bits per heavy atom. The maximum atomic E-state index is 13.7. The van der Waals surface area contributed by atoms with Crippen LogP contribution in [-0.4, -0.2) is 17.4 Å². The number of carbonyl (C=O) groups excluding carboxylic acids is 1. The van der Waals surface area contributed by atoms with Gasteiger partial charge in [-0.05, 0) is 29.3 Å². The van der Waals surface area contributed by atoms with Gasteiger partial charge in [0.2, 0.25) is 5.91 Å². The molecule has 0 bridgehead atoms. The summed E-state index contributed by atoms with van der Waals surface area (Å²) < 4.78 is 13.7. The minimum atomic E-state index is -0.498. The summed E-state index contributed by atoms with van der Waals surface area (Å²) in [4.78, 5) is 14.8. The normalized spacial score (nSPS) is 17.6. The van der Waals surface area contributed by atoms with Crippen molar-refractivity contribution in [2.45, 2.75) is 26.8 Å². The van der Waals surface area contributed by atoms with Crippen LogP contribution in [0.2, 0.25) is 5.02 Å². The van der Waals surface area contributed by atoms with Gasteiger partial charge in [0.1, 0.15) is 5.82 Å². The van der Waals surface area contributed by atoms with E-state index in [4.69, 9.17) is 11.6 Å². The van der Waals surface area contributed by atoms with Gasteiger partial charge < -0.3 is 4.90 Å². The molecular weight excluding hydrogens is 337 g/mol. The van der Waals surface area contributed by atoms with Gasteiger partial charge in [0, 0.05) is 22.5 Å². The predicted octanol–water partition coefficient (Wildman–Crippen LogP) is 5.49. The summed E-state index contributed by atoms with van der Waals surface area (Å²) in [5, 5.41) is 0.490. The molecule has 2 aromatic rings. The van der Waals surface area contributed by atoms with E-state index in [1.807, 2.05) is 62.1 Å². The lowest BCUT2D eigenvalue weighted by Gasteiger charge is -2.31. The van der Waals surface area contributed by atoms with Crippen LogP contribution in [0.3, 0.4) is 0 Å². The van der Waals surface area contributed by atoms with E-state index in [-0.39, 0.29) is 17.8 Å². The number of hydrogen-bond acceptors (Lipinski definition) is 1. The first-order chi connectivity index (χ1) is 11.8. The molecule has 1 atom stereocenters. The van der Waals surface area contributed by atoms with Crippen molar-refractivity contribution >= 4 is 23.1 Å². The number of halogens is 2. The van der Waals surface area contributed by atoms with Crippen LogP contribution in [0.5, 0.6) is 0 Å². The van der Waals surface area contributed by atoms with Crippen LogP contribution in [0, 0.1) is 11.2 Å². The van der Waals surface area contributed by atoms with Crippen LogP contribution in [0.15, 0.2) is 54.6 Å². The lowest BCUT2D eigenvalue weighted by atomic mass is 9.93. The number of carbonyl (C=O) groups is 1. The maximum absolute atomic E-state index is 13.7. The molecule has 0 radical (unpaired) electrons. The third kappa shape index (κ3) is 3.62. The zero-order valence-electron chi connectivity index (χ0n) is 14.6. The van der Waals surface area contributed by atoms with Crippen molar-refractivity contribution in [3.05, 3.63) is 76.6 Å². The van der Waals surface area contributed by atoms with Gasteiger partial charge in [-0.25, -0.2) is 4.39 Å². The first-order valence-corrected chi connectivity index (χ1v) is 8.67. The van der Waals surface area contributed by atoms with E-state index in [0.29, 0.717) is 17.1 Å². The van der Waals surface area contributed by atoms with Crippen LogP contribution in [0.4, 0.5) is 4.39 Å². The molecule has 0 saturated carbocycles. The average molecular weight is 358 g/mol. The second-order valence-electron chi connectivity index (χ2n) is 7.35. The van der Waals surface area contributed by atoms with E-state index in [2.05, 4.69) is 0 Å². The minimum absolute atomic E-state index is 0.0557. The van der Waals surface area contributed by atoms with Gasteiger partial charge >= 0.3 is 0 Å². The van der Waals surface area contributed by atoms with E-state index >= 15 is 0 Å². The largest absolute Gasteiger partial charge is 0.327 e. The SMILES string of the molecule is CC(C)(C)C(=O)N1CC(c2cc(F)ccc2Cl)=CC1c1ccccc1. The molecule has 0 saturated heterocycles. The topological polar surface area (TPSA) is 20.3 Å². The second-order valence-corrected chi connectivity index (χ2v) is 7.76. The molecule has 1 aliphatic heterocycles. The van der Waals surface area contributed by atoms with Gasteiger partial charge in [-0.3, -0.25) is 4.79 Å². The Balaban J connectivity index is 2.05. The summed E-state index contributed by atoms with van der Waals surface area (Å²) in [7, 11) is 0. The average Bonchev–Trinajstić information content (AvgIpc) is 3.01. The third-order valence-corrected chi connectivity index (χ3v) is 4.68. The van der Waals surface area contributed by atoms with Gasteiger partial charge in [0.05, 0.1) is 6.04 Å². The molecule has 130 valence electrons. The molecule has 25 heavy (non-hydrogen) atoms. The molecule has 2 aromatic carbocycles. The van der Waals surface area contributed by atoms with Crippen molar-refractivity contribution in [2.24, 2.45) is 5.41 Å². The molecule has 1 unspecified atom stereocenters.